The first-order valence-corrected chi connectivity index (χ1v) is 13.7. The van der Waals surface area contributed by atoms with Gasteiger partial charge in [-0.2, -0.15) is 18.6 Å². The Morgan fingerprint density at radius 3 is 2.60 bits per heavy atom. The van der Waals surface area contributed by atoms with Gasteiger partial charge in [0, 0.05) is 34.6 Å². The van der Waals surface area contributed by atoms with Gasteiger partial charge < -0.3 is 14.2 Å². The SMILES string of the molecule is CC#C[C@@H](CC1=NN=NC1)c1ccc(OCc2ccc3scc(-c4ncc(OCCOC)cc4C)c3c2)cc1.S. The fourth-order valence-electron chi connectivity index (χ4n) is 4.47. The molecule has 0 bridgehead atoms. The Kier molecular flexibility index (Phi) is 10.3. The minimum Gasteiger partial charge on any atom is -0.490 e. The van der Waals surface area contributed by atoms with Gasteiger partial charge in [0.05, 0.1) is 30.1 Å². The third-order valence-electron chi connectivity index (χ3n) is 6.45. The van der Waals surface area contributed by atoms with Crippen LogP contribution < -0.4 is 9.47 Å². The summed E-state index contributed by atoms with van der Waals surface area (Å²) in [5.41, 5.74) is 6.35. The molecular weight excluding hydrogens is 541 g/mol. The van der Waals surface area contributed by atoms with Crippen LogP contribution in [0.4, 0.5) is 0 Å². The van der Waals surface area contributed by atoms with Gasteiger partial charge in [-0.25, -0.2) is 0 Å². The molecule has 0 unspecified atom stereocenters. The largest absolute Gasteiger partial charge is 0.490 e. The predicted molar refractivity (Wildman–Crippen MR) is 166 cm³/mol. The maximum Gasteiger partial charge on any atom is 0.138 e. The number of nitrogens with zero attached hydrogens (tertiary/aromatic N) is 4. The van der Waals surface area contributed by atoms with Gasteiger partial charge >= 0.3 is 0 Å². The van der Waals surface area contributed by atoms with Crippen molar-refractivity contribution in [1.29, 1.82) is 0 Å². The molecule has 206 valence electrons. The van der Waals surface area contributed by atoms with Crippen LogP contribution in [0.2, 0.25) is 0 Å². The molecule has 0 aliphatic carbocycles. The van der Waals surface area contributed by atoms with Gasteiger partial charge in [0.15, 0.2) is 0 Å². The maximum absolute atomic E-state index is 6.15. The number of aromatic nitrogens is 1. The van der Waals surface area contributed by atoms with E-state index in [1.807, 2.05) is 25.1 Å². The summed E-state index contributed by atoms with van der Waals surface area (Å²) in [5, 5.41) is 15.1. The van der Waals surface area contributed by atoms with Gasteiger partial charge in [0.1, 0.15) is 31.3 Å². The molecule has 40 heavy (non-hydrogen) atoms. The molecule has 0 spiro atoms. The summed E-state index contributed by atoms with van der Waals surface area (Å²) >= 11 is 1.72. The summed E-state index contributed by atoms with van der Waals surface area (Å²) in [7, 11) is 1.66. The van der Waals surface area contributed by atoms with Crippen molar-refractivity contribution in [1.82, 2.24) is 4.98 Å². The highest BCUT2D eigenvalue weighted by molar-refractivity contribution is 7.59. The van der Waals surface area contributed by atoms with Crippen molar-refractivity contribution in [3.63, 3.8) is 0 Å². The van der Waals surface area contributed by atoms with E-state index < -0.39 is 0 Å². The first kappa shape index (κ1) is 29.3. The highest BCUT2D eigenvalue weighted by Gasteiger charge is 2.15. The topological polar surface area (TPSA) is 77.7 Å². The van der Waals surface area contributed by atoms with E-state index in [2.05, 4.69) is 69.9 Å². The number of hydrogen-bond acceptors (Lipinski definition) is 8. The zero-order valence-electron chi connectivity index (χ0n) is 22.8. The van der Waals surface area contributed by atoms with Gasteiger partial charge in [-0.05, 0) is 66.1 Å². The Bertz CT molecular complexity index is 1570. The van der Waals surface area contributed by atoms with Crippen molar-refractivity contribution in [2.24, 2.45) is 15.4 Å². The van der Waals surface area contributed by atoms with Crippen molar-refractivity contribution < 1.29 is 14.2 Å². The molecule has 0 radical (unpaired) electrons. The second-order valence-corrected chi connectivity index (χ2v) is 10.1. The summed E-state index contributed by atoms with van der Waals surface area (Å²) in [5.74, 6) is 7.95. The van der Waals surface area contributed by atoms with Crippen LogP contribution in [0.15, 0.2) is 75.5 Å². The molecule has 0 saturated carbocycles. The van der Waals surface area contributed by atoms with Gasteiger partial charge in [-0.15, -0.1) is 22.4 Å². The van der Waals surface area contributed by atoms with Crippen molar-refractivity contribution >= 4 is 40.6 Å². The number of methoxy groups -OCH3 is 1. The summed E-state index contributed by atoms with van der Waals surface area (Å²) in [6, 6.07) is 16.7. The summed E-state index contributed by atoms with van der Waals surface area (Å²) in [4.78, 5) is 4.72. The number of rotatable bonds is 11. The summed E-state index contributed by atoms with van der Waals surface area (Å²) in [6.07, 6.45) is 2.51. The lowest BCUT2D eigenvalue weighted by molar-refractivity contribution is 0.146. The average Bonchev–Trinajstić information content (AvgIpc) is 3.62. The lowest BCUT2D eigenvalue weighted by atomic mass is 9.94. The molecule has 7 nitrogen and oxygen atoms in total. The van der Waals surface area contributed by atoms with Crippen molar-refractivity contribution in [3.8, 4) is 34.6 Å². The lowest BCUT2D eigenvalue weighted by Crippen LogP contribution is -2.07. The second-order valence-electron chi connectivity index (χ2n) is 9.22. The van der Waals surface area contributed by atoms with Crippen LogP contribution in [-0.4, -0.2) is 37.6 Å². The molecule has 4 aromatic rings. The first-order chi connectivity index (χ1) is 19.1. The van der Waals surface area contributed by atoms with Crippen molar-refractivity contribution in [2.45, 2.75) is 32.8 Å². The van der Waals surface area contributed by atoms with E-state index in [9.17, 15) is 0 Å². The number of pyridine rings is 1. The molecule has 0 N–H and O–H groups in total. The number of aryl methyl sites for hydroxylation is 1. The number of benzene rings is 2. The van der Waals surface area contributed by atoms with E-state index >= 15 is 0 Å². The minimum atomic E-state index is 0. The van der Waals surface area contributed by atoms with Crippen LogP contribution in [0.25, 0.3) is 21.3 Å². The van der Waals surface area contributed by atoms with Crippen LogP contribution in [0.1, 0.15) is 36.0 Å². The number of hydrogen-bond donors (Lipinski definition) is 0. The zero-order valence-corrected chi connectivity index (χ0v) is 24.6. The summed E-state index contributed by atoms with van der Waals surface area (Å²) in [6.45, 7) is 6.00. The molecule has 1 atom stereocenters. The van der Waals surface area contributed by atoms with E-state index in [-0.39, 0.29) is 19.4 Å². The van der Waals surface area contributed by atoms with Gasteiger partial charge in [0.2, 0.25) is 0 Å². The molecule has 0 saturated heterocycles. The third-order valence-corrected chi connectivity index (χ3v) is 7.41. The molecule has 1 aliphatic heterocycles. The van der Waals surface area contributed by atoms with Crippen LogP contribution in [0, 0.1) is 18.8 Å². The Morgan fingerprint density at radius 1 is 1.02 bits per heavy atom. The number of thiophene rings is 1. The van der Waals surface area contributed by atoms with Crippen LogP contribution in [0.3, 0.4) is 0 Å². The normalized spacial score (nSPS) is 12.8. The Balaban J connectivity index is 0.00000370. The van der Waals surface area contributed by atoms with Crippen molar-refractivity contribution in [2.75, 3.05) is 26.9 Å². The summed E-state index contributed by atoms with van der Waals surface area (Å²) < 4.78 is 18.1. The Morgan fingerprint density at radius 2 is 1.88 bits per heavy atom. The predicted octanol–water partition coefficient (Wildman–Crippen LogP) is 7.31. The molecule has 9 heteroatoms. The Hall–Kier alpha value is -3.71. The molecule has 5 rings (SSSR count). The standard InChI is InChI=1S/C31H30N4O3S.H2S/c1-4-5-24(16-25-17-33-35-34-25)23-7-9-26(10-8-23)38-19-22-6-11-30-28(15-22)29(20-39-30)31-21(2)14-27(18-32-31)37-13-12-36-3;/h6-11,14-15,18,20,24H,12-13,16-17,19H2,1-3H3;1H2/t24-;/m0./s1. The smallest absolute Gasteiger partial charge is 0.138 e. The van der Waals surface area contributed by atoms with Crippen LogP contribution in [-0.2, 0) is 11.3 Å². The average molecular weight is 573 g/mol. The van der Waals surface area contributed by atoms with E-state index in [0.717, 1.165) is 51.6 Å². The zero-order chi connectivity index (χ0) is 27.0. The molecule has 3 heterocycles. The monoisotopic (exact) mass is 572 g/mol. The second kappa shape index (κ2) is 14.1. The quantitative estimate of drug-likeness (QED) is 0.139. The molecule has 0 fully saturated rings. The van der Waals surface area contributed by atoms with Gasteiger partial charge in [0.25, 0.3) is 0 Å². The van der Waals surface area contributed by atoms with Gasteiger partial charge in [-0.1, -0.05) is 24.1 Å². The van der Waals surface area contributed by atoms with E-state index in [4.69, 9.17) is 19.2 Å². The highest BCUT2D eigenvalue weighted by atomic mass is 32.1. The fourth-order valence-corrected chi connectivity index (χ4v) is 5.40. The molecule has 0 amide bonds. The molecule has 1 aliphatic rings. The minimum absolute atomic E-state index is 0. The third kappa shape index (κ3) is 7.07. The maximum atomic E-state index is 6.15. The van der Waals surface area contributed by atoms with Crippen LogP contribution in [0.5, 0.6) is 11.5 Å². The van der Waals surface area contributed by atoms with Gasteiger partial charge in [-0.3, -0.25) is 4.98 Å². The lowest BCUT2D eigenvalue weighted by Gasteiger charge is -2.12. The Labute approximate surface area is 245 Å². The van der Waals surface area contributed by atoms with Crippen LogP contribution >= 0.6 is 24.8 Å². The fraction of sp³-hybridized carbons (Fsp3) is 0.290. The highest BCUT2D eigenvalue weighted by Crippen LogP contribution is 2.36. The number of fused-ring (bicyclic) bond motifs is 1. The molecule has 2 aromatic carbocycles. The molecule has 2 aromatic heterocycles. The van der Waals surface area contributed by atoms with Crippen molar-refractivity contribution in [3.05, 3.63) is 76.8 Å². The number of ether oxygens (including phenoxy) is 3. The first-order valence-electron chi connectivity index (χ1n) is 12.8. The molecular formula is C31H32N4O3S2. The van der Waals surface area contributed by atoms with E-state index in [1.54, 1.807) is 24.6 Å². The van der Waals surface area contributed by atoms with E-state index in [1.165, 1.54) is 10.1 Å². The van der Waals surface area contributed by atoms with E-state index in [0.29, 0.717) is 26.4 Å².